The number of hydrogen-bond donors (Lipinski definition) is 1. The first-order chi connectivity index (χ1) is 8.48. The van der Waals surface area contributed by atoms with Crippen LogP contribution in [0.25, 0.3) is 0 Å². The van der Waals surface area contributed by atoms with E-state index in [4.69, 9.17) is 4.74 Å². The maximum atomic E-state index is 11.3. The van der Waals surface area contributed by atoms with Crippen molar-refractivity contribution in [2.45, 2.75) is 39.4 Å². The molecule has 0 saturated carbocycles. The van der Waals surface area contributed by atoms with Gasteiger partial charge in [0.1, 0.15) is 0 Å². The van der Waals surface area contributed by atoms with Crippen LogP contribution in [0.2, 0.25) is 0 Å². The summed E-state index contributed by atoms with van der Waals surface area (Å²) in [6, 6.07) is 7.62. The molecule has 0 aliphatic carbocycles. The van der Waals surface area contributed by atoms with E-state index in [2.05, 4.69) is 32.7 Å². The van der Waals surface area contributed by atoms with Crippen molar-refractivity contribution in [1.29, 1.82) is 0 Å². The molecule has 0 spiro atoms. The van der Waals surface area contributed by atoms with Crippen molar-refractivity contribution >= 4 is 11.6 Å². The summed E-state index contributed by atoms with van der Waals surface area (Å²) < 4.78 is 5.84. The highest BCUT2D eigenvalue weighted by Crippen LogP contribution is 2.21. The van der Waals surface area contributed by atoms with Crippen molar-refractivity contribution < 1.29 is 9.53 Å². The Morgan fingerprint density at radius 2 is 2.11 bits per heavy atom. The Balaban J connectivity index is 2.76. The van der Waals surface area contributed by atoms with Crippen LogP contribution in [0.15, 0.2) is 36.9 Å². The van der Waals surface area contributed by atoms with Gasteiger partial charge < -0.3 is 10.1 Å². The molecule has 0 saturated heterocycles. The van der Waals surface area contributed by atoms with Gasteiger partial charge in [0.25, 0.3) is 0 Å². The largest absolute Gasteiger partial charge is 0.371 e. The molecule has 18 heavy (non-hydrogen) atoms. The van der Waals surface area contributed by atoms with Gasteiger partial charge in [0.05, 0.1) is 12.2 Å². The topological polar surface area (TPSA) is 38.3 Å². The molecular formula is C15H21NO2. The van der Waals surface area contributed by atoms with Crippen LogP contribution in [-0.4, -0.2) is 11.5 Å². The number of hydrogen-bond acceptors (Lipinski definition) is 2. The molecule has 0 radical (unpaired) electrons. The summed E-state index contributed by atoms with van der Waals surface area (Å²) in [5.41, 5.74) is 1.58. The lowest BCUT2D eigenvalue weighted by molar-refractivity contribution is -0.111. The second kappa shape index (κ2) is 6.36. The molecule has 1 rings (SSSR count). The quantitative estimate of drug-likeness (QED) is 0.781. The summed E-state index contributed by atoms with van der Waals surface area (Å²) in [5, 5.41) is 2.78. The van der Waals surface area contributed by atoms with Gasteiger partial charge in [0.2, 0.25) is 5.91 Å². The number of anilines is 1. The minimum absolute atomic E-state index is 0.157. The van der Waals surface area contributed by atoms with E-state index in [1.54, 1.807) is 0 Å². The van der Waals surface area contributed by atoms with Crippen LogP contribution in [0.4, 0.5) is 5.69 Å². The molecule has 0 fully saturated rings. The highest BCUT2D eigenvalue weighted by Gasteiger charge is 2.16. The lowest BCUT2D eigenvalue weighted by Gasteiger charge is -2.24. The second-order valence-corrected chi connectivity index (χ2v) is 4.75. The molecule has 1 aromatic carbocycles. The average Bonchev–Trinajstić information content (AvgIpc) is 2.37. The van der Waals surface area contributed by atoms with Gasteiger partial charge in [-0.25, -0.2) is 0 Å². The molecule has 3 heteroatoms. The molecule has 1 aromatic rings. The first kappa shape index (κ1) is 14.5. The summed E-state index contributed by atoms with van der Waals surface area (Å²) >= 11 is 0. The van der Waals surface area contributed by atoms with Gasteiger partial charge in [-0.2, -0.15) is 0 Å². The van der Waals surface area contributed by atoms with Gasteiger partial charge in [-0.15, -0.1) is 0 Å². The number of ether oxygens (including phenoxy) is 1. The number of rotatable bonds is 6. The monoisotopic (exact) mass is 247 g/mol. The van der Waals surface area contributed by atoms with Crippen LogP contribution in [0.5, 0.6) is 0 Å². The highest BCUT2D eigenvalue weighted by atomic mass is 16.5. The fraction of sp³-hybridized carbons (Fsp3) is 0.400. The molecule has 0 aliphatic rings. The van der Waals surface area contributed by atoms with E-state index < -0.39 is 0 Å². The Kier molecular flexibility index (Phi) is 5.10. The van der Waals surface area contributed by atoms with Gasteiger partial charge in [0, 0.05) is 11.3 Å². The molecule has 0 unspecified atom stereocenters. The SMILES string of the molecule is C=CC(=O)Nc1ccccc1COC(C)(C)CC. The van der Waals surface area contributed by atoms with Crippen LogP contribution < -0.4 is 5.32 Å². The summed E-state index contributed by atoms with van der Waals surface area (Å²) in [4.78, 5) is 11.3. The Labute approximate surface area is 109 Å². The standard InChI is InChI=1S/C15H21NO2/c1-5-14(17)16-13-10-8-7-9-12(13)11-18-15(3,4)6-2/h5,7-10H,1,6,11H2,2-4H3,(H,16,17). The number of amides is 1. The summed E-state index contributed by atoms with van der Waals surface area (Å²) in [7, 11) is 0. The van der Waals surface area contributed by atoms with E-state index in [0.29, 0.717) is 6.61 Å². The summed E-state index contributed by atoms with van der Waals surface area (Å²) in [5.74, 6) is -0.211. The number of benzene rings is 1. The third-order valence-electron chi connectivity index (χ3n) is 2.93. The zero-order valence-corrected chi connectivity index (χ0v) is 11.3. The Bertz CT molecular complexity index is 424. The van der Waals surface area contributed by atoms with Crippen molar-refractivity contribution in [3.05, 3.63) is 42.5 Å². The number of carbonyl (C=O) groups excluding carboxylic acids is 1. The number of carbonyl (C=O) groups is 1. The Morgan fingerprint density at radius 3 is 2.72 bits per heavy atom. The van der Waals surface area contributed by atoms with Crippen LogP contribution in [-0.2, 0) is 16.1 Å². The van der Waals surface area contributed by atoms with Gasteiger partial charge in [-0.05, 0) is 32.4 Å². The third-order valence-corrected chi connectivity index (χ3v) is 2.93. The lowest BCUT2D eigenvalue weighted by atomic mass is 10.1. The Morgan fingerprint density at radius 1 is 1.44 bits per heavy atom. The van der Waals surface area contributed by atoms with E-state index in [1.807, 2.05) is 24.3 Å². The maximum absolute atomic E-state index is 11.3. The molecule has 0 heterocycles. The Hall–Kier alpha value is -1.61. The molecule has 1 N–H and O–H groups in total. The van der Waals surface area contributed by atoms with Gasteiger partial charge in [0.15, 0.2) is 0 Å². The fourth-order valence-corrected chi connectivity index (χ4v) is 1.33. The number of nitrogens with one attached hydrogen (secondary N) is 1. The first-order valence-electron chi connectivity index (χ1n) is 6.14. The predicted molar refractivity (Wildman–Crippen MR) is 74.4 cm³/mol. The van der Waals surface area contributed by atoms with Crippen molar-refractivity contribution in [1.82, 2.24) is 0 Å². The first-order valence-corrected chi connectivity index (χ1v) is 6.14. The predicted octanol–water partition coefficient (Wildman–Crippen LogP) is 3.52. The highest BCUT2D eigenvalue weighted by molar-refractivity contribution is 5.99. The fourth-order valence-electron chi connectivity index (χ4n) is 1.33. The summed E-state index contributed by atoms with van der Waals surface area (Å²) in [6.07, 6.45) is 2.20. The molecule has 0 bridgehead atoms. The molecule has 1 amide bonds. The summed E-state index contributed by atoms with van der Waals surface area (Å²) in [6.45, 7) is 10.1. The van der Waals surface area contributed by atoms with E-state index in [0.717, 1.165) is 17.7 Å². The second-order valence-electron chi connectivity index (χ2n) is 4.75. The average molecular weight is 247 g/mol. The zero-order valence-electron chi connectivity index (χ0n) is 11.3. The normalized spacial score (nSPS) is 11.1. The molecule has 98 valence electrons. The van der Waals surface area contributed by atoms with Gasteiger partial charge >= 0.3 is 0 Å². The molecule has 0 aromatic heterocycles. The van der Waals surface area contributed by atoms with Crippen molar-refractivity contribution in [2.75, 3.05) is 5.32 Å². The van der Waals surface area contributed by atoms with Crippen LogP contribution in [0.1, 0.15) is 32.8 Å². The van der Waals surface area contributed by atoms with E-state index in [1.165, 1.54) is 6.08 Å². The van der Waals surface area contributed by atoms with Crippen LogP contribution in [0, 0.1) is 0 Å². The van der Waals surface area contributed by atoms with Gasteiger partial charge in [-0.1, -0.05) is 31.7 Å². The van der Waals surface area contributed by atoms with Crippen molar-refractivity contribution in [3.8, 4) is 0 Å². The zero-order chi connectivity index (χ0) is 13.6. The van der Waals surface area contributed by atoms with Crippen LogP contribution in [0.3, 0.4) is 0 Å². The van der Waals surface area contributed by atoms with Crippen LogP contribution >= 0.6 is 0 Å². The molecule has 0 aliphatic heterocycles. The lowest BCUT2D eigenvalue weighted by Crippen LogP contribution is -2.23. The molecular weight excluding hydrogens is 226 g/mol. The van der Waals surface area contributed by atoms with E-state index >= 15 is 0 Å². The van der Waals surface area contributed by atoms with Crippen molar-refractivity contribution in [3.63, 3.8) is 0 Å². The minimum Gasteiger partial charge on any atom is -0.371 e. The smallest absolute Gasteiger partial charge is 0.247 e. The molecule has 3 nitrogen and oxygen atoms in total. The van der Waals surface area contributed by atoms with E-state index in [9.17, 15) is 4.79 Å². The molecule has 0 atom stereocenters. The minimum atomic E-state index is -0.211. The third kappa shape index (κ3) is 4.34. The van der Waals surface area contributed by atoms with Gasteiger partial charge in [-0.3, -0.25) is 4.79 Å². The maximum Gasteiger partial charge on any atom is 0.247 e. The van der Waals surface area contributed by atoms with Crippen molar-refractivity contribution in [2.24, 2.45) is 0 Å². The number of para-hydroxylation sites is 1. The van der Waals surface area contributed by atoms with E-state index in [-0.39, 0.29) is 11.5 Å².